The predicted octanol–water partition coefficient (Wildman–Crippen LogP) is 1.78. The highest BCUT2D eigenvalue weighted by atomic mass is 16.6. The van der Waals surface area contributed by atoms with Gasteiger partial charge in [0, 0.05) is 24.2 Å². The summed E-state index contributed by atoms with van der Waals surface area (Å²) in [5.41, 5.74) is 1.17. The van der Waals surface area contributed by atoms with Crippen molar-refractivity contribution in [3.05, 3.63) is 12.2 Å². The third kappa shape index (κ3) is 16.7. The van der Waals surface area contributed by atoms with Gasteiger partial charge in [-0.2, -0.15) is 0 Å². The normalized spacial score (nSPS) is 15.9. The number of carboxylic acid groups (broad SMARTS) is 2. The summed E-state index contributed by atoms with van der Waals surface area (Å²) in [5, 5.41) is 32.6. The van der Waals surface area contributed by atoms with Gasteiger partial charge in [-0.05, 0) is 46.5 Å². The first kappa shape index (κ1) is 23.1. The minimum Gasteiger partial charge on any atom is -0.478 e. The molecule has 8 nitrogen and oxygen atoms in total. The number of carboxylic acids is 2. The van der Waals surface area contributed by atoms with Crippen molar-refractivity contribution >= 4 is 17.7 Å². The van der Waals surface area contributed by atoms with Gasteiger partial charge in [0.1, 0.15) is 12.7 Å². The van der Waals surface area contributed by atoms with E-state index in [1.807, 2.05) is 0 Å². The van der Waals surface area contributed by atoms with Crippen LogP contribution in [-0.4, -0.2) is 57.8 Å². The van der Waals surface area contributed by atoms with Gasteiger partial charge < -0.3 is 25.5 Å². The summed E-state index contributed by atoms with van der Waals surface area (Å²) in [5.74, 6) is -2.51. The lowest BCUT2D eigenvalue weighted by molar-refractivity contribution is -0.134. The van der Waals surface area contributed by atoms with Crippen LogP contribution in [0.5, 0.6) is 0 Å². The third-order valence-electron chi connectivity index (χ3n) is 3.13. The van der Waals surface area contributed by atoms with Crippen molar-refractivity contribution in [1.29, 1.82) is 0 Å². The van der Waals surface area contributed by atoms with Gasteiger partial charge in [-0.3, -0.25) is 0 Å². The number of aliphatic carboxylic acids is 2. The fraction of sp³-hybridized carbons (Fsp3) is 0.706. The van der Waals surface area contributed by atoms with Gasteiger partial charge in [0.2, 0.25) is 0 Å². The maximum absolute atomic E-state index is 9.69. The quantitative estimate of drug-likeness (QED) is 0.403. The van der Waals surface area contributed by atoms with Gasteiger partial charge in [0.05, 0.1) is 5.71 Å². The molecule has 1 aliphatic carbocycles. The number of nitrogens with zero attached hydrogens (tertiary/aromatic N) is 1. The van der Waals surface area contributed by atoms with Crippen molar-refractivity contribution in [3.8, 4) is 0 Å². The lowest BCUT2D eigenvalue weighted by Crippen LogP contribution is -2.42. The molecule has 1 saturated carbocycles. The molecule has 1 unspecified atom stereocenters. The Kier molecular flexibility index (Phi) is 11.5. The van der Waals surface area contributed by atoms with Crippen molar-refractivity contribution in [2.24, 2.45) is 5.16 Å². The number of β-amino-alcohol motifs (C(OH)–C–C–N with tert-alkyl or cyclic N) is 1. The van der Waals surface area contributed by atoms with Crippen LogP contribution in [-0.2, 0) is 14.4 Å². The Labute approximate surface area is 148 Å². The molecule has 0 aromatic heterocycles. The van der Waals surface area contributed by atoms with E-state index in [0.717, 1.165) is 18.6 Å². The standard InChI is InChI=1S/C13H26N2O2.C4H4O4/c1-13(2,3)14-9-12(16)10-17-15-11-7-5-4-6-8-11;5-3(6)1-2-4(7)8/h12,14,16H,4-10H2,1-3H3;1-2H,(H,5,6)(H,7,8)/b;2-1-. The van der Waals surface area contributed by atoms with Crippen LogP contribution < -0.4 is 5.32 Å². The third-order valence-corrected chi connectivity index (χ3v) is 3.13. The lowest BCUT2D eigenvalue weighted by atomic mass is 9.99. The van der Waals surface area contributed by atoms with Crippen molar-refractivity contribution < 1.29 is 29.7 Å². The Bertz CT molecular complexity index is 444. The Morgan fingerprint density at radius 2 is 1.68 bits per heavy atom. The van der Waals surface area contributed by atoms with Crippen LogP contribution in [0.1, 0.15) is 52.9 Å². The van der Waals surface area contributed by atoms with Gasteiger partial charge in [-0.25, -0.2) is 9.59 Å². The number of aliphatic hydroxyl groups is 1. The number of rotatable bonds is 7. The SMILES string of the molecule is CC(C)(C)NCC(O)CON=C1CCCCC1.O=C(O)/C=C\C(=O)O. The van der Waals surface area contributed by atoms with E-state index in [4.69, 9.17) is 15.1 Å². The molecule has 0 bridgehead atoms. The largest absolute Gasteiger partial charge is 0.478 e. The van der Waals surface area contributed by atoms with Gasteiger partial charge in [0.15, 0.2) is 0 Å². The molecule has 0 aliphatic heterocycles. The molecular weight excluding hydrogens is 328 g/mol. The molecule has 8 heteroatoms. The van der Waals surface area contributed by atoms with Gasteiger partial charge >= 0.3 is 11.9 Å². The zero-order valence-corrected chi connectivity index (χ0v) is 15.2. The molecule has 1 aliphatic rings. The van der Waals surface area contributed by atoms with Crippen LogP contribution in [0.3, 0.4) is 0 Å². The molecule has 0 spiro atoms. The highest BCUT2D eigenvalue weighted by Gasteiger charge is 2.13. The number of aliphatic hydroxyl groups excluding tert-OH is 1. The second-order valence-electron chi connectivity index (χ2n) is 6.81. The van der Waals surface area contributed by atoms with E-state index in [9.17, 15) is 14.7 Å². The van der Waals surface area contributed by atoms with E-state index in [1.54, 1.807) is 0 Å². The summed E-state index contributed by atoms with van der Waals surface area (Å²) in [6, 6.07) is 0. The maximum atomic E-state index is 9.69. The molecule has 1 atom stereocenters. The molecule has 4 N–H and O–H groups in total. The molecule has 0 heterocycles. The Hall–Kier alpha value is -1.93. The van der Waals surface area contributed by atoms with Crippen LogP contribution in [0.15, 0.2) is 17.3 Å². The van der Waals surface area contributed by atoms with Gasteiger partial charge in [-0.1, -0.05) is 11.6 Å². The first-order valence-electron chi connectivity index (χ1n) is 8.35. The van der Waals surface area contributed by atoms with Crippen LogP contribution in [0, 0.1) is 0 Å². The summed E-state index contributed by atoms with van der Waals surface area (Å²) < 4.78 is 0. The lowest BCUT2D eigenvalue weighted by Gasteiger charge is -2.22. The van der Waals surface area contributed by atoms with E-state index in [0.29, 0.717) is 18.7 Å². The van der Waals surface area contributed by atoms with E-state index < -0.39 is 18.0 Å². The van der Waals surface area contributed by atoms with E-state index >= 15 is 0 Å². The molecule has 0 aromatic carbocycles. The number of oxime groups is 1. The van der Waals surface area contributed by atoms with Crippen molar-refractivity contribution in [1.82, 2.24) is 5.32 Å². The van der Waals surface area contributed by atoms with Gasteiger partial charge in [0.25, 0.3) is 0 Å². The minimum atomic E-state index is -1.26. The molecule has 25 heavy (non-hydrogen) atoms. The average Bonchev–Trinajstić information content (AvgIpc) is 2.52. The van der Waals surface area contributed by atoms with Crippen LogP contribution in [0.2, 0.25) is 0 Å². The number of hydrogen-bond acceptors (Lipinski definition) is 6. The predicted molar refractivity (Wildman–Crippen MR) is 94.6 cm³/mol. The fourth-order valence-corrected chi connectivity index (χ4v) is 1.89. The Balaban J connectivity index is 0.000000609. The molecule has 0 radical (unpaired) electrons. The molecule has 0 saturated heterocycles. The number of carbonyl (C=O) groups is 2. The van der Waals surface area contributed by atoms with E-state index in [1.165, 1.54) is 19.3 Å². The van der Waals surface area contributed by atoms with E-state index in [2.05, 4.69) is 31.2 Å². The Morgan fingerprint density at radius 3 is 2.12 bits per heavy atom. The first-order chi connectivity index (χ1) is 11.6. The molecule has 1 rings (SSSR count). The summed E-state index contributed by atoms with van der Waals surface area (Å²) in [7, 11) is 0. The zero-order valence-electron chi connectivity index (χ0n) is 15.2. The fourth-order valence-electron chi connectivity index (χ4n) is 1.89. The monoisotopic (exact) mass is 358 g/mol. The highest BCUT2D eigenvalue weighted by Crippen LogP contribution is 2.14. The topological polar surface area (TPSA) is 128 Å². The second kappa shape index (κ2) is 12.4. The Morgan fingerprint density at radius 1 is 1.16 bits per heavy atom. The second-order valence-corrected chi connectivity index (χ2v) is 6.81. The summed E-state index contributed by atoms with van der Waals surface area (Å²) in [4.78, 5) is 24.3. The number of hydrogen-bond donors (Lipinski definition) is 4. The average molecular weight is 358 g/mol. The summed E-state index contributed by atoms with van der Waals surface area (Å²) in [6.07, 6.45) is 6.46. The molecule has 0 aromatic rings. The molecule has 0 amide bonds. The molecule has 144 valence electrons. The smallest absolute Gasteiger partial charge is 0.328 e. The number of nitrogens with one attached hydrogen (secondary N) is 1. The van der Waals surface area contributed by atoms with E-state index in [-0.39, 0.29) is 12.1 Å². The summed E-state index contributed by atoms with van der Waals surface area (Å²) in [6.45, 7) is 7.02. The van der Waals surface area contributed by atoms with Crippen molar-refractivity contribution in [2.75, 3.05) is 13.2 Å². The highest BCUT2D eigenvalue weighted by molar-refractivity contribution is 5.89. The van der Waals surface area contributed by atoms with Crippen LogP contribution in [0.4, 0.5) is 0 Å². The zero-order chi connectivity index (χ0) is 19.3. The summed E-state index contributed by atoms with van der Waals surface area (Å²) >= 11 is 0. The van der Waals surface area contributed by atoms with Crippen molar-refractivity contribution in [2.45, 2.75) is 64.5 Å². The maximum Gasteiger partial charge on any atom is 0.328 e. The molecular formula is C17H30N2O6. The molecule has 1 fully saturated rings. The first-order valence-corrected chi connectivity index (χ1v) is 8.35. The van der Waals surface area contributed by atoms with Gasteiger partial charge in [-0.15, -0.1) is 0 Å². The van der Waals surface area contributed by atoms with Crippen LogP contribution >= 0.6 is 0 Å². The minimum absolute atomic E-state index is 0.0241. The van der Waals surface area contributed by atoms with Crippen LogP contribution in [0.25, 0.3) is 0 Å². The van der Waals surface area contributed by atoms with Crippen molar-refractivity contribution in [3.63, 3.8) is 0 Å².